The number of carbonyl (C=O) groups is 2. The van der Waals surface area contributed by atoms with Gasteiger partial charge in [-0.05, 0) is 17.7 Å². The molecule has 1 aromatic carbocycles. The molecule has 1 aliphatic rings. The highest BCUT2D eigenvalue weighted by Gasteiger charge is 2.59. The summed E-state index contributed by atoms with van der Waals surface area (Å²) in [5, 5.41) is 6.28. The molecule has 3 heterocycles. The van der Waals surface area contributed by atoms with Crippen molar-refractivity contribution in [3.05, 3.63) is 59.0 Å². The van der Waals surface area contributed by atoms with Gasteiger partial charge in [-0.1, -0.05) is 23.3 Å². The standard InChI is InChI=1S/C22H24N8O10S2/c1-13(31)39-16-17(28-29-23)22(9-37-41(2,33)34,10-38-42(3,35)36)40-21(16)30-12-26-15-18(24-11-25-19(15)30)27-20(32)14-7-5-4-6-8-14/h4-8,11-12,16-17,21H,9-10H2,1-3H3,(H,24,25,27,32)/t16-,17+,21-/m1/s1. The summed E-state index contributed by atoms with van der Waals surface area (Å²) in [7, 11) is -8.27. The Labute approximate surface area is 238 Å². The van der Waals surface area contributed by atoms with Crippen LogP contribution in [0.1, 0.15) is 23.5 Å². The highest BCUT2D eigenvalue weighted by molar-refractivity contribution is 7.86. The number of nitrogens with one attached hydrogen (secondary N) is 1. The molecule has 42 heavy (non-hydrogen) atoms. The Bertz CT molecular complexity index is 1720. The van der Waals surface area contributed by atoms with Crippen molar-refractivity contribution in [3.8, 4) is 0 Å². The lowest BCUT2D eigenvalue weighted by atomic mass is 9.94. The zero-order valence-electron chi connectivity index (χ0n) is 22.2. The second-order valence-electron chi connectivity index (χ2n) is 9.10. The molecule has 0 unspecified atom stereocenters. The maximum absolute atomic E-state index is 12.7. The van der Waals surface area contributed by atoms with Crippen molar-refractivity contribution in [3.63, 3.8) is 0 Å². The largest absolute Gasteiger partial charge is 0.457 e. The molecule has 2 aromatic heterocycles. The number of nitrogens with zero attached hydrogens (tertiary/aromatic N) is 7. The Hall–Kier alpha value is -4.20. The molecule has 1 fully saturated rings. The van der Waals surface area contributed by atoms with Crippen LogP contribution in [0.3, 0.4) is 0 Å². The van der Waals surface area contributed by atoms with Gasteiger partial charge in [0.2, 0.25) is 0 Å². The molecule has 3 aromatic rings. The van der Waals surface area contributed by atoms with Crippen LogP contribution in [0.4, 0.5) is 5.82 Å². The van der Waals surface area contributed by atoms with E-state index in [2.05, 4.69) is 30.3 Å². The molecule has 1 amide bonds. The third kappa shape index (κ3) is 6.98. The Balaban J connectivity index is 1.81. The van der Waals surface area contributed by atoms with Crippen LogP contribution in [-0.2, 0) is 42.9 Å². The number of hydrogen-bond donors (Lipinski definition) is 1. The average Bonchev–Trinajstić information content (AvgIpc) is 3.47. The van der Waals surface area contributed by atoms with Crippen molar-refractivity contribution in [2.45, 2.75) is 30.9 Å². The maximum Gasteiger partial charge on any atom is 0.303 e. The van der Waals surface area contributed by atoms with Gasteiger partial charge in [0.1, 0.15) is 18.0 Å². The molecule has 20 heteroatoms. The molecule has 4 rings (SSSR count). The van der Waals surface area contributed by atoms with E-state index in [-0.39, 0.29) is 17.0 Å². The van der Waals surface area contributed by atoms with Gasteiger partial charge in [-0.3, -0.25) is 22.5 Å². The summed E-state index contributed by atoms with van der Waals surface area (Å²) >= 11 is 0. The number of hydrogen-bond acceptors (Lipinski definition) is 14. The minimum absolute atomic E-state index is 0.0216. The number of benzene rings is 1. The number of rotatable bonds is 11. The maximum atomic E-state index is 12.7. The first-order valence-electron chi connectivity index (χ1n) is 11.8. The molecule has 0 aliphatic carbocycles. The molecule has 3 atom stereocenters. The van der Waals surface area contributed by atoms with Crippen molar-refractivity contribution >= 4 is 49.1 Å². The smallest absolute Gasteiger partial charge is 0.303 e. The SMILES string of the molecule is CC(=O)O[C@H]1[C@H](n2cnc3c(NC(=O)c4ccccc4)ncnc32)OC(COS(C)(=O)=O)(COS(C)(=O)=O)[C@H]1N=[N+]=[N-]. The van der Waals surface area contributed by atoms with E-state index in [9.17, 15) is 32.0 Å². The molecule has 1 aliphatic heterocycles. The third-order valence-corrected chi connectivity index (χ3v) is 6.99. The quantitative estimate of drug-likeness (QED) is 0.103. The number of imidazole rings is 1. The molecule has 0 saturated carbocycles. The summed E-state index contributed by atoms with van der Waals surface area (Å²) in [6.45, 7) is -0.714. The lowest BCUT2D eigenvalue weighted by molar-refractivity contribution is -0.155. The van der Waals surface area contributed by atoms with E-state index >= 15 is 0 Å². The van der Waals surface area contributed by atoms with Crippen LogP contribution in [0.5, 0.6) is 0 Å². The molecule has 0 spiro atoms. The first-order valence-corrected chi connectivity index (χ1v) is 15.5. The highest BCUT2D eigenvalue weighted by Crippen LogP contribution is 2.43. The zero-order valence-corrected chi connectivity index (χ0v) is 23.9. The normalized spacial score (nSPS) is 20.1. The van der Waals surface area contributed by atoms with E-state index in [1.54, 1.807) is 30.3 Å². The van der Waals surface area contributed by atoms with Crippen LogP contribution in [0, 0.1) is 0 Å². The van der Waals surface area contributed by atoms with E-state index in [4.69, 9.17) is 17.8 Å². The van der Waals surface area contributed by atoms with Gasteiger partial charge in [0.05, 0.1) is 32.1 Å². The summed E-state index contributed by atoms with van der Waals surface area (Å²) in [6.07, 6.45) is 0.878. The van der Waals surface area contributed by atoms with Gasteiger partial charge >= 0.3 is 5.97 Å². The number of esters is 1. The van der Waals surface area contributed by atoms with Gasteiger partial charge in [0.25, 0.3) is 26.1 Å². The van der Waals surface area contributed by atoms with Gasteiger partial charge in [-0.15, -0.1) is 0 Å². The lowest BCUT2D eigenvalue weighted by Gasteiger charge is -2.31. The fourth-order valence-corrected chi connectivity index (χ4v) is 5.01. The van der Waals surface area contributed by atoms with Crippen LogP contribution in [0.25, 0.3) is 21.6 Å². The van der Waals surface area contributed by atoms with Gasteiger partial charge in [0, 0.05) is 17.4 Å². The van der Waals surface area contributed by atoms with E-state index in [1.165, 1.54) is 10.9 Å². The van der Waals surface area contributed by atoms with Gasteiger partial charge in [0.15, 0.2) is 29.3 Å². The minimum Gasteiger partial charge on any atom is -0.457 e. The highest BCUT2D eigenvalue weighted by atomic mass is 32.2. The number of carbonyl (C=O) groups excluding carboxylic acids is 2. The van der Waals surface area contributed by atoms with Crippen molar-refractivity contribution in [2.24, 2.45) is 5.11 Å². The van der Waals surface area contributed by atoms with Gasteiger partial charge in [-0.2, -0.15) is 16.8 Å². The summed E-state index contributed by atoms with van der Waals surface area (Å²) in [6, 6.07) is 6.72. The van der Waals surface area contributed by atoms with Crippen LogP contribution >= 0.6 is 0 Å². The minimum atomic E-state index is -4.14. The van der Waals surface area contributed by atoms with Gasteiger partial charge in [-0.25, -0.2) is 15.0 Å². The molecular weight excluding hydrogens is 600 g/mol. The summed E-state index contributed by atoms with van der Waals surface area (Å²) in [5.41, 5.74) is 7.71. The van der Waals surface area contributed by atoms with Crippen LogP contribution in [-0.4, -0.2) is 91.7 Å². The monoisotopic (exact) mass is 624 g/mol. The molecule has 0 bridgehead atoms. The second-order valence-corrected chi connectivity index (χ2v) is 12.4. The van der Waals surface area contributed by atoms with Crippen molar-refractivity contribution in [1.82, 2.24) is 19.5 Å². The topological polar surface area (TPSA) is 244 Å². The fourth-order valence-electron chi connectivity index (χ4n) is 4.18. The summed E-state index contributed by atoms with van der Waals surface area (Å²) in [4.78, 5) is 40.1. The first-order chi connectivity index (χ1) is 19.7. The number of amides is 1. The molecule has 224 valence electrons. The van der Waals surface area contributed by atoms with Gasteiger partial charge < -0.3 is 14.8 Å². The molecule has 0 radical (unpaired) electrons. The summed E-state index contributed by atoms with van der Waals surface area (Å²) in [5.74, 6) is -1.31. The van der Waals surface area contributed by atoms with E-state index in [1.807, 2.05) is 0 Å². The number of anilines is 1. The second kappa shape index (κ2) is 12.0. The lowest BCUT2D eigenvalue weighted by Crippen LogP contribution is -2.51. The zero-order chi connectivity index (χ0) is 30.7. The van der Waals surface area contributed by atoms with E-state index < -0.39 is 69.3 Å². The van der Waals surface area contributed by atoms with Crippen molar-refractivity contribution in [1.29, 1.82) is 0 Å². The molecule has 1 saturated heterocycles. The Morgan fingerprint density at radius 3 is 2.31 bits per heavy atom. The predicted octanol–water partition coefficient (Wildman–Crippen LogP) is 0.909. The van der Waals surface area contributed by atoms with E-state index in [0.29, 0.717) is 5.56 Å². The molecule has 18 nitrogen and oxygen atoms in total. The first kappa shape index (κ1) is 30.8. The Morgan fingerprint density at radius 2 is 1.74 bits per heavy atom. The third-order valence-electron chi connectivity index (χ3n) is 5.90. The van der Waals surface area contributed by atoms with Crippen molar-refractivity contribution < 1.29 is 44.3 Å². The number of ether oxygens (including phenoxy) is 2. The molecular formula is C22H24N8O10S2. The van der Waals surface area contributed by atoms with E-state index in [0.717, 1.165) is 25.8 Å². The van der Waals surface area contributed by atoms with Crippen molar-refractivity contribution in [2.75, 3.05) is 31.0 Å². The number of aromatic nitrogens is 4. The predicted molar refractivity (Wildman–Crippen MR) is 143 cm³/mol. The fraction of sp³-hybridized carbons (Fsp3) is 0.409. The van der Waals surface area contributed by atoms with Crippen LogP contribution < -0.4 is 5.32 Å². The van der Waals surface area contributed by atoms with Crippen LogP contribution in [0.15, 0.2) is 48.1 Å². The Kier molecular flexibility index (Phi) is 8.76. The number of azide groups is 1. The summed E-state index contributed by atoms with van der Waals surface area (Å²) < 4.78 is 70.1. The van der Waals surface area contributed by atoms with Crippen LogP contribution in [0.2, 0.25) is 0 Å². The Morgan fingerprint density at radius 1 is 1.10 bits per heavy atom. The average molecular weight is 625 g/mol. The number of fused-ring (bicyclic) bond motifs is 1. The molecule has 1 N–H and O–H groups in total.